The van der Waals surface area contributed by atoms with E-state index in [0.29, 0.717) is 0 Å². The third-order valence-corrected chi connectivity index (χ3v) is 1.97. The fourth-order valence-electron chi connectivity index (χ4n) is 0.657. The summed E-state index contributed by atoms with van der Waals surface area (Å²) in [5.41, 5.74) is -1.47. The summed E-state index contributed by atoms with van der Waals surface area (Å²) in [6, 6.07) is 0. The number of aliphatic hydroxyl groups excluding tert-OH is 1. The Bertz CT molecular complexity index is 273. The quantitative estimate of drug-likeness (QED) is 0.383. The van der Waals surface area contributed by atoms with Crippen LogP contribution in [0.1, 0.15) is 20.3 Å². The monoisotopic (exact) mass is 203 g/mol. The normalized spacial score (nSPS) is 16.1. The molecule has 0 rings (SSSR count). The van der Waals surface area contributed by atoms with E-state index in [2.05, 4.69) is 0 Å². The van der Waals surface area contributed by atoms with Crippen LogP contribution in [0.4, 0.5) is 0 Å². The molecule has 0 radical (unpaired) electrons. The van der Waals surface area contributed by atoms with Crippen molar-refractivity contribution < 1.29 is 19.9 Å². The van der Waals surface area contributed by atoms with Crippen molar-refractivity contribution in [3.63, 3.8) is 0 Å². The molecule has 0 fully saturated rings. The van der Waals surface area contributed by atoms with Crippen molar-refractivity contribution in [2.75, 3.05) is 6.61 Å². The van der Waals surface area contributed by atoms with Crippen molar-refractivity contribution in [1.29, 1.82) is 0 Å². The molecule has 0 saturated carbocycles. The van der Waals surface area contributed by atoms with Gasteiger partial charge in [-0.05, 0) is 6.92 Å². The van der Waals surface area contributed by atoms with E-state index in [9.17, 15) is 14.9 Å². The molecule has 0 amide bonds. The number of aliphatic hydroxyl groups is 1. The number of carboxylic acid groups (broad SMARTS) is 1. The first-order chi connectivity index (χ1) is 6.33. The molecule has 0 aromatic carbocycles. The molecule has 0 aliphatic heterocycles. The zero-order valence-electron chi connectivity index (χ0n) is 8.06. The van der Waals surface area contributed by atoms with Gasteiger partial charge in [-0.1, -0.05) is 6.08 Å². The lowest BCUT2D eigenvalue weighted by molar-refractivity contribution is -0.568. The molecule has 0 bridgehead atoms. The Morgan fingerprint density at radius 3 is 2.43 bits per heavy atom. The molecule has 6 heteroatoms. The van der Waals surface area contributed by atoms with E-state index < -0.39 is 23.0 Å². The average molecular weight is 203 g/mol. The molecule has 0 aliphatic rings. The highest BCUT2D eigenvalue weighted by atomic mass is 16.6. The third kappa shape index (κ3) is 3.14. The summed E-state index contributed by atoms with van der Waals surface area (Å²) in [5.74, 6) is -1.12. The van der Waals surface area contributed by atoms with Crippen LogP contribution in [0.3, 0.4) is 0 Å². The molecule has 0 saturated heterocycles. The SMILES string of the molecule is C/C(=C\CC(C)(CO)[N+](=O)[O-])C(=O)O. The Morgan fingerprint density at radius 2 is 2.14 bits per heavy atom. The van der Waals surface area contributed by atoms with E-state index in [1.54, 1.807) is 0 Å². The van der Waals surface area contributed by atoms with Gasteiger partial charge >= 0.3 is 5.97 Å². The second-order valence-electron chi connectivity index (χ2n) is 3.31. The Balaban J connectivity index is 4.57. The van der Waals surface area contributed by atoms with E-state index in [0.717, 1.165) is 0 Å². The lowest BCUT2D eigenvalue weighted by Crippen LogP contribution is -2.38. The first-order valence-corrected chi connectivity index (χ1v) is 3.99. The van der Waals surface area contributed by atoms with Gasteiger partial charge in [0.2, 0.25) is 5.54 Å². The largest absolute Gasteiger partial charge is 0.478 e. The Labute approximate surface area is 81.0 Å². The van der Waals surface area contributed by atoms with Crippen LogP contribution in [0.25, 0.3) is 0 Å². The molecular formula is C8H13NO5. The van der Waals surface area contributed by atoms with Crippen LogP contribution >= 0.6 is 0 Å². The second-order valence-corrected chi connectivity index (χ2v) is 3.31. The maximum Gasteiger partial charge on any atom is 0.330 e. The first kappa shape index (κ1) is 12.6. The number of carboxylic acids is 1. The van der Waals surface area contributed by atoms with Crippen molar-refractivity contribution in [1.82, 2.24) is 0 Å². The lowest BCUT2D eigenvalue weighted by atomic mass is 9.98. The minimum atomic E-state index is -1.50. The number of carbonyl (C=O) groups is 1. The van der Waals surface area contributed by atoms with Gasteiger partial charge in [0.1, 0.15) is 6.61 Å². The minimum Gasteiger partial charge on any atom is -0.478 e. The van der Waals surface area contributed by atoms with Crippen molar-refractivity contribution in [3.05, 3.63) is 21.8 Å². The highest BCUT2D eigenvalue weighted by Crippen LogP contribution is 2.15. The predicted octanol–water partition coefficient (Wildman–Crippen LogP) is 0.435. The van der Waals surface area contributed by atoms with Gasteiger partial charge in [-0.15, -0.1) is 0 Å². The first-order valence-electron chi connectivity index (χ1n) is 3.99. The van der Waals surface area contributed by atoms with Crippen LogP contribution in [-0.2, 0) is 4.79 Å². The van der Waals surface area contributed by atoms with E-state index in [-0.39, 0.29) is 12.0 Å². The Kier molecular flexibility index (Phi) is 4.23. The summed E-state index contributed by atoms with van der Waals surface area (Å²) in [5, 5.41) is 27.8. The number of nitrogens with zero attached hydrogens (tertiary/aromatic N) is 1. The molecule has 0 aromatic rings. The highest BCUT2D eigenvalue weighted by molar-refractivity contribution is 5.85. The second kappa shape index (κ2) is 4.71. The smallest absolute Gasteiger partial charge is 0.330 e. The Morgan fingerprint density at radius 1 is 1.64 bits per heavy atom. The fraction of sp³-hybridized carbons (Fsp3) is 0.625. The Hall–Kier alpha value is -1.43. The summed E-state index contributed by atoms with van der Waals surface area (Å²) in [4.78, 5) is 20.3. The fourth-order valence-corrected chi connectivity index (χ4v) is 0.657. The van der Waals surface area contributed by atoms with Gasteiger partial charge in [0.25, 0.3) is 0 Å². The van der Waals surface area contributed by atoms with Crippen LogP contribution in [0.2, 0.25) is 0 Å². The molecule has 80 valence electrons. The third-order valence-electron chi connectivity index (χ3n) is 1.97. The van der Waals surface area contributed by atoms with E-state index in [1.165, 1.54) is 19.9 Å². The predicted molar refractivity (Wildman–Crippen MR) is 48.5 cm³/mol. The van der Waals surface area contributed by atoms with Gasteiger partial charge in [0.05, 0.1) is 0 Å². The number of aliphatic carboxylic acids is 1. The average Bonchev–Trinajstić information content (AvgIpc) is 2.12. The van der Waals surface area contributed by atoms with Gasteiger partial charge in [0, 0.05) is 23.8 Å². The molecule has 0 spiro atoms. The van der Waals surface area contributed by atoms with Crippen LogP contribution in [-0.4, -0.2) is 33.3 Å². The van der Waals surface area contributed by atoms with Crippen molar-refractivity contribution in [2.24, 2.45) is 0 Å². The van der Waals surface area contributed by atoms with Gasteiger partial charge in [-0.2, -0.15) is 0 Å². The number of hydrogen-bond acceptors (Lipinski definition) is 4. The molecule has 1 unspecified atom stereocenters. The zero-order valence-corrected chi connectivity index (χ0v) is 8.06. The van der Waals surface area contributed by atoms with Gasteiger partial charge in [-0.25, -0.2) is 4.79 Å². The molecule has 1 atom stereocenters. The lowest BCUT2D eigenvalue weighted by Gasteiger charge is -2.15. The maximum absolute atomic E-state index is 10.5. The number of nitro groups is 1. The van der Waals surface area contributed by atoms with Crippen LogP contribution in [0, 0.1) is 10.1 Å². The van der Waals surface area contributed by atoms with Crippen LogP contribution in [0.5, 0.6) is 0 Å². The molecule has 0 aromatic heterocycles. The topological polar surface area (TPSA) is 101 Å². The molecule has 2 N–H and O–H groups in total. The molecule has 14 heavy (non-hydrogen) atoms. The minimum absolute atomic E-state index is 0.0338. The maximum atomic E-state index is 10.5. The zero-order chi connectivity index (χ0) is 11.4. The summed E-state index contributed by atoms with van der Waals surface area (Å²) >= 11 is 0. The van der Waals surface area contributed by atoms with Crippen molar-refractivity contribution >= 4 is 5.97 Å². The van der Waals surface area contributed by atoms with Crippen LogP contribution in [0.15, 0.2) is 11.6 Å². The standard InChI is InChI=1S/C8H13NO5/c1-6(7(11)12)3-4-8(2,5-10)9(13)14/h3,10H,4-5H2,1-2H3,(H,11,12)/b6-3+. The molecular weight excluding hydrogens is 190 g/mol. The summed E-state index contributed by atoms with van der Waals surface area (Å²) in [7, 11) is 0. The summed E-state index contributed by atoms with van der Waals surface area (Å²) in [6.45, 7) is 1.99. The van der Waals surface area contributed by atoms with E-state index in [4.69, 9.17) is 10.2 Å². The molecule has 6 nitrogen and oxygen atoms in total. The summed E-state index contributed by atoms with van der Waals surface area (Å²) < 4.78 is 0. The highest BCUT2D eigenvalue weighted by Gasteiger charge is 2.35. The van der Waals surface area contributed by atoms with Gasteiger partial charge in [0.15, 0.2) is 0 Å². The summed E-state index contributed by atoms with van der Waals surface area (Å²) in [6.07, 6.45) is 1.13. The van der Waals surface area contributed by atoms with Gasteiger partial charge < -0.3 is 10.2 Å². The number of rotatable bonds is 5. The van der Waals surface area contributed by atoms with Crippen molar-refractivity contribution in [2.45, 2.75) is 25.8 Å². The number of hydrogen-bond donors (Lipinski definition) is 2. The molecule has 0 heterocycles. The molecule has 0 aliphatic carbocycles. The van der Waals surface area contributed by atoms with Crippen molar-refractivity contribution in [3.8, 4) is 0 Å². The van der Waals surface area contributed by atoms with E-state index in [1.807, 2.05) is 0 Å². The van der Waals surface area contributed by atoms with Gasteiger partial charge in [-0.3, -0.25) is 10.1 Å². The van der Waals surface area contributed by atoms with Crippen LogP contribution < -0.4 is 0 Å². The van der Waals surface area contributed by atoms with E-state index >= 15 is 0 Å².